The summed E-state index contributed by atoms with van der Waals surface area (Å²) in [6.07, 6.45) is 4.04. The molecule has 0 fully saturated rings. The minimum absolute atomic E-state index is 0.00528. The van der Waals surface area contributed by atoms with Gasteiger partial charge in [0.1, 0.15) is 0 Å². The van der Waals surface area contributed by atoms with Crippen LogP contribution in [0.3, 0.4) is 0 Å². The molecule has 2 heterocycles. The minimum Gasteiger partial charge on any atom is -0.390 e. The smallest absolute Gasteiger partial charge is 0.160 e. The van der Waals surface area contributed by atoms with Gasteiger partial charge in [0.25, 0.3) is 0 Å². The number of anilines is 1. The van der Waals surface area contributed by atoms with Gasteiger partial charge in [-0.2, -0.15) is 0 Å². The van der Waals surface area contributed by atoms with E-state index in [2.05, 4.69) is 40.6 Å². The van der Waals surface area contributed by atoms with Crippen molar-refractivity contribution >= 4 is 11.3 Å². The zero-order chi connectivity index (χ0) is 15.1. The molecule has 0 radical (unpaired) electrons. The van der Waals surface area contributed by atoms with Gasteiger partial charge in [0.05, 0.1) is 23.7 Å². The Balaban J connectivity index is 1.66. The first kappa shape index (κ1) is 13.3. The summed E-state index contributed by atoms with van der Waals surface area (Å²) in [5.41, 5.74) is 6.52. The molecule has 0 saturated carbocycles. The summed E-state index contributed by atoms with van der Waals surface area (Å²) in [6.45, 7) is 1.94. The van der Waals surface area contributed by atoms with Gasteiger partial charge in [-0.25, -0.2) is 4.98 Å². The molecule has 1 aromatic carbocycles. The highest BCUT2D eigenvalue weighted by atomic mass is 16.3. The van der Waals surface area contributed by atoms with E-state index in [1.807, 2.05) is 23.6 Å². The van der Waals surface area contributed by atoms with Crippen LogP contribution in [-0.4, -0.2) is 20.5 Å². The van der Waals surface area contributed by atoms with Crippen LogP contribution in [0.25, 0.3) is 5.65 Å². The molecule has 112 valence electrons. The van der Waals surface area contributed by atoms with E-state index in [0.29, 0.717) is 6.04 Å². The van der Waals surface area contributed by atoms with E-state index in [1.54, 1.807) is 0 Å². The van der Waals surface area contributed by atoms with Gasteiger partial charge in [0.15, 0.2) is 5.65 Å². The van der Waals surface area contributed by atoms with E-state index in [0.717, 1.165) is 35.6 Å². The van der Waals surface area contributed by atoms with E-state index in [4.69, 9.17) is 0 Å². The Morgan fingerprint density at radius 2 is 1.91 bits per heavy atom. The third kappa shape index (κ3) is 2.07. The molecular weight excluding hydrogens is 274 g/mol. The lowest BCUT2D eigenvalue weighted by Gasteiger charge is -2.14. The molecule has 0 amide bonds. The number of nitrogens with one attached hydrogen (secondary N) is 1. The molecule has 22 heavy (non-hydrogen) atoms. The second-order valence-electron chi connectivity index (χ2n) is 5.94. The Kier molecular flexibility index (Phi) is 3.12. The summed E-state index contributed by atoms with van der Waals surface area (Å²) >= 11 is 0. The highest BCUT2D eigenvalue weighted by Crippen LogP contribution is 2.26. The van der Waals surface area contributed by atoms with Crippen LogP contribution in [0, 0.1) is 6.92 Å². The molecule has 2 N–H and O–H groups in total. The van der Waals surface area contributed by atoms with Gasteiger partial charge in [-0.1, -0.05) is 24.3 Å². The van der Waals surface area contributed by atoms with Crippen LogP contribution >= 0.6 is 0 Å². The summed E-state index contributed by atoms with van der Waals surface area (Å²) in [7, 11) is 0. The molecule has 1 aliphatic carbocycles. The van der Waals surface area contributed by atoms with Crippen molar-refractivity contribution in [3.8, 4) is 0 Å². The monoisotopic (exact) mass is 293 g/mol. The van der Waals surface area contributed by atoms with Crippen molar-refractivity contribution < 1.29 is 5.11 Å². The molecule has 3 aromatic rings. The molecule has 4 heteroatoms. The third-order valence-corrected chi connectivity index (χ3v) is 4.51. The number of aryl methyl sites for hydroxylation is 1. The maximum absolute atomic E-state index is 9.52. The number of pyridine rings is 1. The number of benzene rings is 1. The van der Waals surface area contributed by atoms with Crippen molar-refractivity contribution in [1.29, 1.82) is 0 Å². The van der Waals surface area contributed by atoms with Gasteiger partial charge in [0.2, 0.25) is 0 Å². The molecule has 2 aromatic heterocycles. The number of fused-ring (bicyclic) bond motifs is 2. The Morgan fingerprint density at radius 1 is 1.18 bits per heavy atom. The number of nitrogens with zero attached hydrogens (tertiary/aromatic N) is 2. The van der Waals surface area contributed by atoms with E-state index >= 15 is 0 Å². The Morgan fingerprint density at radius 3 is 2.59 bits per heavy atom. The predicted molar refractivity (Wildman–Crippen MR) is 87.1 cm³/mol. The van der Waals surface area contributed by atoms with Crippen LogP contribution < -0.4 is 5.32 Å². The first-order valence-corrected chi connectivity index (χ1v) is 7.67. The summed E-state index contributed by atoms with van der Waals surface area (Å²) in [5.74, 6) is 0. The number of rotatable bonds is 3. The summed E-state index contributed by atoms with van der Waals surface area (Å²) in [4.78, 5) is 4.62. The van der Waals surface area contributed by atoms with E-state index in [1.165, 1.54) is 11.1 Å². The topological polar surface area (TPSA) is 49.6 Å². The number of aliphatic hydroxyl groups excluding tert-OH is 1. The van der Waals surface area contributed by atoms with Crippen LogP contribution in [0.2, 0.25) is 0 Å². The van der Waals surface area contributed by atoms with Gasteiger partial charge in [-0.3, -0.25) is 4.40 Å². The van der Waals surface area contributed by atoms with Crippen molar-refractivity contribution in [2.45, 2.75) is 32.4 Å². The second-order valence-corrected chi connectivity index (χ2v) is 5.94. The van der Waals surface area contributed by atoms with Crippen LogP contribution in [0.5, 0.6) is 0 Å². The van der Waals surface area contributed by atoms with E-state index < -0.39 is 0 Å². The summed E-state index contributed by atoms with van der Waals surface area (Å²) < 4.78 is 1.97. The maximum atomic E-state index is 9.52. The average molecular weight is 293 g/mol. The second kappa shape index (κ2) is 5.14. The number of hydrogen-bond acceptors (Lipinski definition) is 3. The van der Waals surface area contributed by atoms with E-state index in [9.17, 15) is 5.11 Å². The molecule has 1 aliphatic rings. The van der Waals surface area contributed by atoms with Crippen molar-refractivity contribution in [3.05, 3.63) is 65.1 Å². The first-order chi connectivity index (χ1) is 10.8. The predicted octanol–water partition coefficient (Wildman–Crippen LogP) is 2.71. The number of hydrogen-bond donors (Lipinski definition) is 2. The lowest BCUT2D eigenvalue weighted by atomic mass is 10.1. The molecule has 0 bridgehead atoms. The Bertz CT molecular complexity index is 812. The summed E-state index contributed by atoms with van der Waals surface area (Å²) in [6, 6.07) is 13.1. The molecule has 0 atom stereocenters. The van der Waals surface area contributed by atoms with Crippen LogP contribution in [0.4, 0.5) is 5.69 Å². The third-order valence-electron chi connectivity index (χ3n) is 4.51. The summed E-state index contributed by atoms with van der Waals surface area (Å²) in [5, 5.41) is 13.1. The zero-order valence-corrected chi connectivity index (χ0v) is 12.6. The SMILES string of the molecule is Cc1nc2c(NC3Cc4ccccc4C3)cccn2c1CO. The molecule has 4 rings (SSSR count). The number of aliphatic hydroxyl groups is 1. The van der Waals surface area contributed by atoms with Gasteiger partial charge in [-0.05, 0) is 43.0 Å². The van der Waals surface area contributed by atoms with Gasteiger partial charge < -0.3 is 10.4 Å². The molecule has 0 saturated heterocycles. The lowest BCUT2D eigenvalue weighted by Crippen LogP contribution is -2.20. The number of aromatic nitrogens is 2. The van der Waals surface area contributed by atoms with Crippen molar-refractivity contribution in [3.63, 3.8) is 0 Å². The van der Waals surface area contributed by atoms with Crippen LogP contribution in [0.1, 0.15) is 22.5 Å². The fourth-order valence-corrected chi connectivity index (χ4v) is 3.41. The quantitative estimate of drug-likeness (QED) is 0.780. The molecular formula is C18H19N3O. The first-order valence-electron chi connectivity index (χ1n) is 7.67. The fourth-order valence-electron chi connectivity index (χ4n) is 3.41. The molecule has 0 aliphatic heterocycles. The number of imidazole rings is 1. The lowest BCUT2D eigenvalue weighted by molar-refractivity contribution is 0.275. The van der Waals surface area contributed by atoms with Gasteiger partial charge in [-0.15, -0.1) is 0 Å². The average Bonchev–Trinajstić information content (AvgIpc) is 3.07. The largest absolute Gasteiger partial charge is 0.390 e. The van der Waals surface area contributed by atoms with Gasteiger partial charge >= 0.3 is 0 Å². The van der Waals surface area contributed by atoms with Crippen molar-refractivity contribution in [2.24, 2.45) is 0 Å². The Labute approximate surface area is 129 Å². The highest BCUT2D eigenvalue weighted by Gasteiger charge is 2.22. The van der Waals surface area contributed by atoms with Crippen LogP contribution in [0.15, 0.2) is 42.6 Å². The van der Waals surface area contributed by atoms with Crippen molar-refractivity contribution in [2.75, 3.05) is 5.32 Å². The molecule has 0 unspecified atom stereocenters. The highest BCUT2D eigenvalue weighted by molar-refractivity contribution is 5.69. The minimum atomic E-state index is 0.00528. The van der Waals surface area contributed by atoms with Gasteiger partial charge in [0, 0.05) is 12.2 Å². The van der Waals surface area contributed by atoms with E-state index in [-0.39, 0.29) is 6.61 Å². The standard InChI is InChI=1S/C18H19N3O/c1-12-17(11-22)21-8-4-7-16(18(21)19-12)20-15-9-13-5-2-3-6-14(13)10-15/h2-8,15,20,22H,9-11H2,1H3. The normalized spacial score (nSPS) is 14.5. The van der Waals surface area contributed by atoms with Crippen LogP contribution in [-0.2, 0) is 19.4 Å². The zero-order valence-electron chi connectivity index (χ0n) is 12.6. The molecule has 4 nitrogen and oxygen atoms in total. The Hall–Kier alpha value is -2.33. The maximum Gasteiger partial charge on any atom is 0.160 e. The van der Waals surface area contributed by atoms with Crippen molar-refractivity contribution in [1.82, 2.24) is 9.38 Å². The fraction of sp³-hybridized carbons (Fsp3) is 0.278. The molecule has 0 spiro atoms.